The fourth-order valence-electron chi connectivity index (χ4n) is 2.79. The molecule has 3 N–H and O–H groups in total. The smallest absolute Gasteiger partial charge is 0.225 e. The van der Waals surface area contributed by atoms with Gasteiger partial charge in [-0.3, -0.25) is 9.69 Å². The molecule has 0 aromatic heterocycles. The zero-order valence-corrected chi connectivity index (χ0v) is 13.0. The van der Waals surface area contributed by atoms with Gasteiger partial charge in [-0.15, -0.1) is 0 Å². The van der Waals surface area contributed by atoms with Crippen molar-refractivity contribution in [1.29, 1.82) is 0 Å². The van der Waals surface area contributed by atoms with Crippen molar-refractivity contribution in [2.24, 2.45) is 17.1 Å². The van der Waals surface area contributed by atoms with Crippen molar-refractivity contribution >= 4 is 5.91 Å². The predicted molar refractivity (Wildman–Crippen MR) is 79.9 cm³/mol. The monoisotopic (exact) mass is 269 g/mol. The third-order valence-corrected chi connectivity index (χ3v) is 3.77. The van der Waals surface area contributed by atoms with E-state index in [2.05, 4.69) is 17.1 Å². The first-order chi connectivity index (χ1) is 8.86. The van der Waals surface area contributed by atoms with Crippen LogP contribution in [-0.4, -0.2) is 43.0 Å². The molecule has 1 heterocycles. The maximum absolute atomic E-state index is 12.1. The Hall–Kier alpha value is -0.610. The molecule has 1 saturated heterocycles. The van der Waals surface area contributed by atoms with Crippen molar-refractivity contribution in [3.05, 3.63) is 0 Å². The Morgan fingerprint density at radius 2 is 2.05 bits per heavy atom. The average Bonchev–Trinajstić information content (AvgIpc) is 2.28. The van der Waals surface area contributed by atoms with E-state index >= 15 is 0 Å². The molecule has 1 rings (SSSR count). The first-order valence-corrected chi connectivity index (χ1v) is 7.60. The summed E-state index contributed by atoms with van der Waals surface area (Å²) in [4.78, 5) is 14.5. The van der Waals surface area contributed by atoms with Gasteiger partial charge in [-0.1, -0.05) is 34.1 Å². The van der Waals surface area contributed by atoms with E-state index in [1.165, 1.54) is 12.8 Å². The van der Waals surface area contributed by atoms with E-state index in [0.29, 0.717) is 12.5 Å². The molecular weight excluding hydrogens is 238 g/mol. The molecule has 1 aliphatic rings. The van der Waals surface area contributed by atoms with Gasteiger partial charge in [0.05, 0.1) is 0 Å². The lowest BCUT2D eigenvalue weighted by molar-refractivity contribution is -0.129. The lowest BCUT2D eigenvalue weighted by Gasteiger charge is -2.39. The second kappa shape index (κ2) is 7.25. The SMILES string of the molecule is CCCC1CC(NC(=O)C(C)(C)C)CN(CCN)C1. The van der Waals surface area contributed by atoms with E-state index in [0.717, 1.165) is 26.1 Å². The number of nitrogens with one attached hydrogen (secondary N) is 1. The molecule has 1 aliphatic heterocycles. The van der Waals surface area contributed by atoms with Crippen LogP contribution in [0, 0.1) is 11.3 Å². The van der Waals surface area contributed by atoms with Crippen LogP contribution < -0.4 is 11.1 Å². The highest BCUT2D eigenvalue weighted by atomic mass is 16.2. The molecule has 0 aromatic carbocycles. The first kappa shape index (κ1) is 16.4. The second-order valence-corrected chi connectivity index (χ2v) is 6.86. The van der Waals surface area contributed by atoms with Crippen molar-refractivity contribution in [3.63, 3.8) is 0 Å². The van der Waals surface area contributed by atoms with E-state index in [9.17, 15) is 4.79 Å². The Bertz CT molecular complexity index is 272. The lowest BCUT2D eigenvalue weighted by Crippen LogP contribution is -2.53. The number of rotatable bonds is 5. The van der Waals surface area contributed by atoms with Crippen LogP contribution in [0.4, 0.5) is 0 Å². The Kier molecular flexibility index (Phi) is 6.27. The molecule has 0 saturated carbocycles. The lowest BCUT2D eigenvalue weighted by atomic mass is 9.89. The summed E-state index contributed by atoms with van der Waals surface area (Å²) in [5.74, 6) is 0.845. The minimum absolute atomic E-state index is 0.155. The summed E-state index contributed by atoms with van der Waals surface area (Å²) in [7, 11) is 0. The third kappa shape index (κ3) is 5.49. The minimum Gasteiger partial charge on any atom is -0.352 e. The Balaban J connectivity index is 2.58. The first-order valence-electron chi connectivity index (χ1n) is 7.60. The fraction of sp³-hybridized carbons (Fsp3) is 0.933. The van der Waals surface area contributed by atoms with Gasteiger partial charge in [-0.05, 0) is 18.8 Å². The summed E-state index contributed by atoms with van der Waals surface area (Å²) in [6.45, 7) is 11.8. The zero-order chi connectivity index (χ0) is 14.5. The molecule has 112 valence electrons. The zero-order valence-electron chi connectivity index (χ0n) is 13.0. The van der Waals surface area contributed by atoms with Crippen LogP contribution >= 0.6 is 0 Å². The van der Waals surface area contributed by atoms with Gasteiger partial charge in [-0.25, -0.2) is 0 Å². The van der Waals surface area contributed by atoms with Gasteiger partial charge in [-0.2, -0.15) is 0 Å². The number of likely N-dealkylation sites (tertiary alicyclic amines) is 1. The molecule has 0 radical (unpaired) electrons. The molecule has 1 amide bonds. The number of piperidine rings is 1. The molecular formula is C15H31N3O. The second-order valence-electron chi connectivity index (χ2n) is 6.86. The molecule has 19 heavy (non-hydrogen) atoms. The molecule has 2 atom stereocenters. The van der Waals surface area contributed by atoms with Gasteiger partial charge in [0, 0.05) is 37.6 Å². The van der Waals surface area contributed by atoms with Crippen LogP contribution in [0.25, 0.3) is 0 Å². The summed E-state index contributed by atoms with van der Waals surface area (Å²) in [5, 5.41) is 3.21. The van der Waals surface area contributed by atoms with Crippen LogP contribution in [0.5, 0.6) is 0 Å². The fourth-order valence-corrected chi connectivity index (χ4v) is 2.79. The number of nitrogens with two attached hydrogens (primary N) is 1. The summed E-state index contributed by atoms with van der Waals surface area (Å²) in [5.41, 5.74) is 5.36. The Morgan fingerprint density at radius 1 is 1.37 bits per heavy atom. The maximum Gasteiger partial charge on any atom is 0.225 e. The topological polar surface area (TPSA) is 58.4 Å². The number of nitrogens with zero attached hydrogens (tertiary/aromatic N) is 1. The van der Waals surface area contributed by atoms with E-state index in [4.69, 9.17) is 5.73 Å². The highest BCUT2D eigenvalue weighted by molar-refractivity contribution is 5.81. The summed E-state index contributed by atoms with van der Waals surface area (Å²) < 4.78 is 0. The number of carbonyl (C=O) groups is 1. The van der Waals surface area contributed by atoms with Crippen molar-refractivity contribution in [1.82, 2.24) is 10.2 Å². The molecule has 1 fully saturated rings. The van der Waals surface area contributed by atoms with Crippen molar-refractivity contribution in [2.75, 3.05) is 26.2 Å². The summed E-state index contributed by atoms with van der Waals surface area (Å²) in [6.07, 6.45) is 3.56. The maximum atomic E-state index is 12.1. The van der Waals surface area contributed by atoms with Gasteiger partial charge in [0.15, 0.2) is 0 Å². The molecule has 4 heteroatoms. The number of amides is 1. The summed E-state index contributed by atoms with van der Waals surface area (Å²) >= 11 is 0. The van der Waals surface area contributed by atoms with E-state index in [1.807, 2.05) is 20.8 Å². The van der Waals surface area contributed by atoms with Crippen LogP contribution in [-0.2, 0) is 4.79 Å². The minimum atomic E-state index is -0.309. The van der Waals surface area contributed by atoms with Crippen LogP contribution in [0.1, 0.15) is 47.0 Å². The third-order valence-electron chi connectivity index (χ3n) is 3.77. The average molecular weight is 269 g/mol. The van der Waals surface area contributed by atoms with Gasteiger partial charge in [0.25, 0.3) is 0 Å². The number of hydrogen-bond acceptors (Lipinski definition) is 3. The standard InChI is InChI=1S/C15H31N3O/c1-5-6-12-9-13(11-18(10-12)8-7-16)17-14(19)15(2,3)4/h12-13H,5-11,16H2,1-4H3,(H,17,19). The quantitative estimate of drug-likeness (QED) is 0.797. The Labute approximate surface area is 118 Å². The molecule has 4 nitrogen and oxygen atoms in total. The molecule has 0 aliphatic carbocycles. The van der Waals surface area contributed by atoms with Gasteiger partial charge < -0.3 is 11.1 Å². The van der Waals surface area contributed by atoms with Crippen LogP contribution in [0.3, 0.4) is 0 Å². The predicted octanol–water partition coefficient (Wildman–Crippen LogP) is 1.60. The van der Waals surface area contributed by atoms with Crippen molar-refractivity contribution in [3.8, 4) is 0 Å². The highest BCUT2D eigenvalue weighted by Crippen LogP contribution is 2.22. The summed E-state index contributed by atoms with van der Waals surface area (Å²) in [6, 6.07) is 0.281. The van der Waals surface area contributed by atoms with Crippen LogP contribution in [0.2, 0.25) is 0 Å². The Morgan fingerprint density at radius 3 is 2.58 bits per heavy atom. The van der Waals surface area contributed by atoms with E-state index < -0.39 is 0 Å². The van der Waals surface area contributed by atoms with Gasteiger partial charge >= 0.3 is 0 Å². The number of hydrogen-bond donors (Lipinski definition) is 2. The molecule has 0 spiro atoms. The van der Waals surface area contributed by atoms with E-state index in [1.54, 1.807) is 0 Å². The molecule has 2 unspecified atom stereocenters. The van der Waals surface area contributed by atoms with Gasteiger partial charge in [0.2, 0.25) is 5.91 Å². The van der Waals surface area contributed by atoms with E-state index in [-0.39, 0.29) is 17.4 Å². The van der Waals surface area contributed by atoms with Crippen molar-refractivity contribution in [2.45, 2.75) is 53.0 Å². The number of carbonyl (C=O) groups excluding carboxylic acids is 1. The normalized spacial score (nSPS) is 25.3. The van der Waals surface area contributed by atoms with Gasteiger partial charge in [0.1, 0.15) is 0 Å². The van der Waals surface area contributed by atoms with Crippen LogP contribution in [0.15, 0.2) is 0 Å². The molecule has 0 bridgehead atoms. The van der Waals surface area contributed by atoms with Crippen molar-refractivity contribution < 1.29 is 4.79 Å². The molecule has 0 aromatic rings. The largest absolute Gasteiger partial charge is 0.352 e. The highest BCUT2D eigenvalue weighted by Gasteiger charge is 2.30.